The summed E-state index contributed by atoms with van der Waals surface area (Å²) in [6.45, 7) is 1.73. The summed E-state index contributed by atoms with van der Waals surface area (Å²) in [5.41, 5.74) is 0.521. The Morgan fingerprint density at radius 3 is 2.39 bits per heavy atom. The Hall–Kier alpha value is -3.29. The number of nitrogens with one attached hydrogen (secondary N) is 1. The highest BCUT2D eigenvalue weighted by Gasteiger charge is 2.20. The van der Waals surface area contributed by atoms with Gasteiger partial charge in [-0.25, -0.2) is 19.6 Å². The maximum Gasteiger partial charge on any atom is 0.356 e. The van der Waals surface area contributed by atoms with Crippen LogP contribution in [0, 0.1) is 6.92 Å². The largest absolute Gasteiger partial charge is 0.476 e. The molecule has 0 aliphatic rings. The van der Waals surface area contributed by atoms with Gasteiger partial charge in [0.1, 0.15) is 0 Å². The van der Waals surface area contributed by atoms with Crippen LogP contribution in [0.15, 0.2) is 30.6 Å². The van der Waals surface area contributed by atoms with Crippen LogP contribution in [0.25, 0.3) is 0 Å². The van der Waals surface area contributed by atoms with Gasteiger partial charge in [-0.1, -0.05) is 6.07 Å². The second kappa shape index (κ2) is 6.65. The van der Waals surface area contributed by atoms with Crippen LogP contribution in [0.2, 0.25) is 0 Å². The number of methoxy groups -OCH3 is 1. The van der Waals surface area contributed by atoms with Gasteiger partial charge >= 0.3 is 11.9 Å². The van der Waals surface area contributed by atoms with Crippen molar-refractivity contribution in [1.29, 1.82) is 0 Å². The van der Waals surface area contributed by atoms with Crippen molar-refractivity contribution >= 4 is 23.5 Å². The molecule has 0 fully saturated rings. The number of esters is 1. The van der Waals surface area contributed by atoms with E-state index in [1.54, 1.807) is 19.1 Å². The molecule has 0 atom stereocenters. The molecule has 0 saturated carbocycles. The first-order chi connectivity index (χ1) is 10.9. The minimum atomic E-state index is -1.36. The zero-order valence-corrected chi connectivity index (χ0v) is 12.4. The molecule has 2 rings (SSSR count). The van der Waals surface area contributed by atoms with Gasteiger partial charge in [-0.05, 0) is 24.6 Å². The first-order valence-corrected chi connectivity index (χ1v) is 6.48. The molecular formula is C15H13N3O5. The zero-order chi connectivity index (χ0) is 17.0. The number of carbonyl (C=O) groups excluding carboxylic acids is 2. The maximum atomic E-state index is 12.2. The SMILES string of the molecule is COC(=O)c1ccc(C)c(NC(=O)c2nccnc2C(=O)O)c1. The Bertz CT molecular complexity index is 788. The normalized spacial score (nSPS) is 10.0. The van der Waals surface area contributed by atoms with Gasteiger partial charge in [-0.2, -0.15) is 0 Å². The molecule has 0 bridgehead atoms. The number of aromatic nitrogens is 2. The molecule has 0 radical (unpaired) electrons. The molecule has 1 aromatic carbocycles. The zero-order valence-electron chi connectivity index (χ0n) is 12.4. The number of aromatic carboxylic acids is 1. The monoisotopic (exact) mass is 315 g/mol. The highest BCUT2D eigenvalue weighted by molar-refractivity contribution is 6.09. The molecule has 118 valence electrons. The first-order valence-electron chi connectivity index (χ1n) is 6.48. The first kappa shape index (κ1) is 16.1. The number of hydrogen-bond donors (Lipinski definition) is 2. The molecule has 2 aromatic rings. The predicted octanol–water partition coefficient (Wildman–Crippen LogP) is 1.52. The molecule has 0 aliphatic heterocycles. The third kappa shape index (κ3) is 3.49. The molecular weight excluding hydrogens is 302 g/mol. The van der Waals surface area contributed by atoms with E-state index in [0.717, 1.165) is 0 Å². The molecule has 1 amide bonds. The number of nitrogens with zero attached hydrogens (tertiary/aromatic N) is 2. The number of carboxylic acid groups (broad SMARTS) is 1. The van der Waals surface area contributed by atoms with E-state index in [4.69, 9.17) is 5.11 Å². The number of benzene rings is 1. The maximum absolute atomic E-state index is 12.2. The number of carbonyl (C=O) groups is 3. The predicted molar refractivity (Wildman–Crippen MR) is 79.5 cm³/mol. The number of anilines is 1. The van der Waals surface area contributed by atoms with Gasteiger partial charge < -0.3 is 15.2 Å². The van der Waals surface area contributed by atoms with E-state index < -0.39 is 23.5 Å². The molecule has 0 saturated heterocycles. The lowest BCUT2D eigenvalue weighted by molar-refractivity contribution is 0.0599. The molecule has 0 spiro atoms. The Morgan fingerprint density at radius 1 is 1.13 bits per heavy atom. The number of rotatable bonds is 4. The van der Waals surface area contributed by atoms with Crippen LogP contribution in [0.3, 0.4) is 0 Å². The molecule has 23 heavy (non-hydrogen) atoms. The summed E-state index contributed by atoms with van der Waals surface area (Å²) in [5, 5.41) is 11.6. The Morgan fingerprint density at radius 2 is 1.78 bits per heavy atom. The van der Waals surface area contributed by atoms with Crippen molar-refractivity contribution in [3.05, 3.63) is 53.1 Å². The molecule has 1 aromatic heterocycles. The summed E-state index contributed by atoms with van der Waals surface area (Å²) < 4.78 is 4.62. The topological polar surface area (TPSA) is 118 Å². The molecule has 0 aliphatic carbocycles. The van der Waals surface area contributed by atoms with Gasteiger partial charge in [0, 0.05) is 18.1 Å². The summed E-state index contributed by atoms with van der Waals surface area (Å²) in [4.78, 5) is 42.3. The van der Waals surface area contributed by atoms with Crippen LogP contribution in [0.4, 0.5) is 5.69 Å². The van der Waals surface area contributed by atoms with E-state index in [1.165, 1.54) is 25.6 Å². The van der Waals surface area contributed by atoms with E-state index in [-0.39, 0.29) is 11.3 Å². The van der Waals surface area contributed by atoms with Crippen molar-refractivity contribution in [3.8, 4) is 0 Å². The minimum Gasteiger partial charge on any atom is -0.476 e. The van der Waals surface area contributed by atoms with Gasteiger partial charge in [-0.3, -0.25) is 4.79 Å². The van der Waals surface area contributed by atoms with Crippen molar-refractivity contribution < 1.29 is 24.2 Å². The van der Waals surface area contributed by atoms with E-state index in [0.29, 0.717) is 11.3 Å². The van der Waals surface area contributed by atoms with Crippen molar-refractivity contribution in [3.63, 3.8) is 0 Å². The Labute approximate surface area is 131 Å². The highest BCUT2D eigenvalue weighted by Crippen LogP contribution is 2.18. The van der Waals surface area contributed by atoms with Gasteiger partial charge in [0.15, 0.2) is 11.4 Å². The average Bonchev–Trinajstić information content (AvgIpc) is 2.56. The lowest BCUT2D eigenvalue weighted by Gasteiger charge is -2.10. The standard InChI is InChI=1S/C15H13N3O5/c1-8-3-4-9(15(22)23-2)7-10(8)18-13(19)11-12(14(20)21)17-6-5-16-11/h3-7H,1-2H3,(H,18,19)(H,20,21). The fourth-order valence-corrected chi connectivity index (χ4v) is 1.84. The third-order valence-electron chi connectivity index (χ3n) is 3.02. The second-order valence-corrected chi connectivity index (χ2v) is 4.53. The lowest BCUT2D eigenvalue weighted by Crippen LogP contribution is -2.20. The average molecular weight is 315 g/mol. The number of carboxylic acids is 1. The van der Waals surface area contributed by atoms with E-state index >= 15 is 0 Å². The summed E-state index contributed by atoms with van der Waals surface area (Å²) in [7, 11) is 1.25. The minimum absolute atomic E-state index is 0.256. The van der Waals surface area contributed by atoms with E-state index in [9.17, 15) is 14.4 Å². The summed E-state index contributed by atoms with van der Waals surface area (Å²) in [6.07, 6.45) is 2.41. The van der Waals surface area contributed by atoms with E-state index in [2.05, 4.69) is 20.0 Å². The molecule has 2 N–H and O–H groups in total. The van der Waals surface area contributed by atoms with Crippen LogP contribution in [0.5, 0.6) is 0 Å². The van der Waals surface area contributed by atoms with E-state index in [1.807, 2.05) is 0 Å². The number of amides is 1. The smallest absolute Gasteiger partial charge is 0.356 e. The highest BCUT2D eigenvalue weighted by atomic mass is 16.5. The second-order valence-electron chi connectivity index (χ2n) is 4.53. The Kier molecular flexibility index (Phi) is 4.65. The lowest BCUT2D eigenvalue weighted by atomic mass is 10.1. The summed E-state index contributed by atoms with van der Waals surface area (Å²) in [5.74, 6) is -2.64. The van der Waals surface area contributed by atoms with Gasteiger partial charge in [0.2, 0.25) is 0 Å². The van der Waals surface area contributed by atoms with Crippen LogP contribution < -0.4 is 5.32 Å². The molecule has 1 heterocycles. The van der Waals surface area contributed by atoms with Crippen molar-refractivity contribution in [2.75, 3.05) is 12.4 Å². The van der Waals surface area contributed by atoms with Crippen LogP contribution >= 0.6 is 0 Å². The number of hydrogen-bond acceptors (Lipinski definition) is 6. The van der Waals surface area contributed by atoms with Crippen LogP contribution in [0.1, 0.15) is 36.9 Å². The van der Waals surface area contributed by atoms with Crippen molar-refractivity contribution in [2.45, 2.75) is 6.92 Å². The fourth-order valence-electron chi connectivity index (χ4n) is 1.84. The quantitative estimate of drug-likeness (QED) is 0.821. The fraction of sp³-hybridized carbons (Fsp3) is 0.133. The number of aryl methyl sites for hydroxylation is 1. The van der Waals surface area contributed by atoms with Crippen LogP contribution in [-0.4, -0.2) is 40.0 Å². The molecule has 0 unspecified atom stereocenters. The molecule has 8 nitrogen and oxygen atoms in total. The van der Waals surface area contributed by atoms with Crippen LogP contribution in [-0.2, 0) is 4.74 Å². The van der Waals surface area contributed by atoms with Crippen molar-refractivity contribution in [1.82, 2.24) is 9.97 Å². The molecule has 8 heteroatoms. The summed E-state index contributed by atoms with van der Waals surface area (Å²) in [6, 6.07) is 4.63. The summed E-state index contributed by atoms with van der Waals surface area (Å²) >= 11 is 0. The third-order valence-corrected chi connectivity index (χ3v) is 3.02. The van der Waals surface area contributed by atoms with Gasteiger partial charge in [-0.15, -0.1) is 0 Å². The van der Waals surface area contributed by atoms with Gasteiger partial charge in [0.05, 0.1) is 12.7 Å². The van der Waals surface area contributed by atoms with Gasteiger partial charge in [0.25, 0.3) is 5.91 Å². The number of ether oxygens (including phenoxy) is 1. The van der Waals surface area contributed by atoms with Crippen molar-refractivity contribution in [2.24, 2.45) is 0 Å². The Balaban J connectivity index is 2.34.